The maximum absolute atomic E-state index is 13.0. The highest BCUT2D eigenvalue weighted by atomic mass is 35.5. The number of rotatable bonds is 4. The summed E-state index contributed by atoms with van der Waals surface area (Å²) in [5.74, 6) is 0.458. The highest BCUT2D eigenvalue weighted by Gasteiger charge is 2.23. The summed E-state index contributed by atoms with van der Waals surface area (Å²) < 4.78 is 1.96. The van der Waals surface area contributed by atoms with Crippen LogP contribution in [0.3, 0.4) is 0 Å². The molecule has 1 amide bonds. The molecule has 0 unspecified atom stereocenters. The van der Waals surface area contributed by atoms with Gasteiger partial charge in [-0.15, -0.1) is 0 Å². The Morgan fingerprint density at radius 3 is 2.21 bits per heavy atom. The van der Waals surface area contributed by atoms with E-state index in [9.17, 15) is 4.79 Å². The van der Waals surface area contributed by atoms with Gasteiger partial charge >= 0.3 is 0 Å². The topological polar surface area (TPSA) is 62.2 Å². The predicted molar refractivity (Wildman–Crippen MR) is 116 cm³/mol. The number of amides is 1. The summed E-state index contributed by atoms with van der Waals surface area (Å²) in [4.78, 5) is 17.7. The molecule has 0 aliphatic carbocycles. The van der Waals surface area contributed by atoms with Crippen molar-refractivity contribution < 1.29 is 4.79 Å². The summed E-state index contributed by atoms with van der Waals surface area (Å²) in [6.45, 7) is 5.09. The number of halogens is 2. The fourth-order valence-electron chi connectivity index (χ4n) is 3.39. The lowest BCUT2D eigenvalue weighted by Gasteiger charge is -2.27. The van der Waals surface area contributed by atoms with Crippen molar-refractivity contribution in [1.29, 1.82) is 0 Å². The number of hydrazine groups is 1. The Kier molecular flexibility index (Phi) is 5.87. The Hall–Kier alpha value is -2.38. The van der Waals surface area contributed by atoms with Crippen LogP contribution in [0.5, 0.6) is 0 Å². The van der Waals surface area contributed by atoms with Crippen molar-refractivity contribution in [1.82, 2.24) is 25.3 Å². The molecule has 4 rings (SSSR count). The van der Waals surface area contributed by atoms with E-state index < -0.39 is 0 Å². The Bertz CT molecular complexity index is 1010. The Balaban J connectivity index is 1.76. The summed E-state index contributed by atoms with van der Waals surface area (Å²) in [6.07, 6.45) is 0. The highest BCUT2D eigenvalue weighted by Crippen LogP contribution is 2.28. The molecule has 1 aliphatic heterocycles. The zero-order valence-electron chi connectivity index (χ0n) is 16.0. The lowest BCUT2D eigenvalue weighted by molar-refractivity contribution is 0.0759. The second-order valence-corrected chi connectivity index (χ2v) is 7.74. The van der Waals surface area contributed by atoms with Crippen LogP contribution in [0.1, 0.15) is 16.2 Å². The number of hydrogen-bond donors (Lipinski definition) is 2. The third-order valence-electron chi connectivity index (χ3n) is 4.89. The monoisotopic (exact) mass is 429 g/mol. The van der Waals surface area contributed by atoms with Crippen molar-refractivity contribution >= 4 is 29.1 Å². The zero-order valence-corrected chi connectivity index (χ0v) is 17.5. The van der Waals surface area contributed by atoms with Crippen molar-refractivity contribution in [2.75, 3.05) is 26.2 Å². The average Bonchev–Trinajstić information content (AvgIpc) is 3.07. The molecule has 8 heteroatoms. The molecular weight excluding hydrogens is 409 g/mol. The number of hydrogen-bond acceptors (Lipinski definition) is 4. The number of nitrogens with zero attached hydrogens (tertiary/aromatic N) is 3. The van der Waals surface area contributed by atoms with E-state index in [1.165, 1.54) is 0 Å². The molecular formula is C21H21Cl2N5O. The van der Waals surface area contributed by atoms with E-state index in [1.807, 2.05) is 65.0 Å². The predicted octanol–water partition coefficient (Wildman–Crippen LogP) is 3.70. The molecule has 0 spiro atoms. The van der Waals surface area contributed by atoms with Crippen LogP contribution in [0, 0.1) is 6.92 Å². The molecule has 0 atom stereocenters. The van der Waals surface area contributed by atoms with E-state index in [0.29, 0.717) is 21.6 Å². The first-order chi connectivity index (χ1) is 14.0. The van der Waals surface area contributed by atoms with Gasteiger partial charge < -0.3 is 5.32 Å². The lowest BCUT2D eigenvalue weighted by atomic mass is 10.2. The number of piperazine rings is 1. The van der Waals surface area contributed by atoms with Gasteiger partial charge in [-0.1, -0.05) is 23.2 Å². The quantitative estimate of drug-likeness (QED) is 0.663. The molecule has 2 aromatic carbocycles. The second-order valence-electron chi connectivity index (χ2n) is 6.87. The number of aromatic nitrogens is 2. The van der Waals surface area contributed by atoms with Gasteiger partial charge in [0, 0.05) is 47.5 Å². The molecule has 1 aliphatic rings. The van der Waals surface area contributed by atoms with E-state index in [-0.39, 0.29) is 5.91 Å². The molecule has 2 heterocycles. The standard InChI is InChI=1S/C21H21Cl2N5O/c1-14-19(21(29)26-27-12-10-24-11-13-27)25-20(15-2-4-16(22)5-3-15)28(14)18-8-6-17(23)7-9-18/h2-9,24H,10-13H2,1H3,(H,26,29). The Morgan fingerprint density at radius 2 is 1.59 bits per heavy atom. The largest absolute Gasteiger partial charge is 0.314 e. The second kappa shape index (κ2) is 8.55. The molecule has 0 bridgehead atoms. The van der Waals surface area contributed by atoms with E-state index in [2.05, 4.69) is 10.7 Å². The summed E-state index contributed by atoms with van der Waals surface area (Å²) in [6, 6.07) is 14.9. The van der Waals surface area contributed by atoms with Gasteiger partial charge in [-0.25, -0.2) is 9.99 Å². The van der Waals surface area contributed by atoms with Gasteiger partial charge in [-0.3, -0.25) is 14.8 Å². The normalized spacial score (nSPS) is 14.7. The fourth-order valence-corrected chi connectivity index (χ4v) is 3.64. The van der Waals surface area contributed by atoms with Gasteiger partial charge in [0.25, 0.3) is 5.91 Å². The SMILES string of the molecule is Cc1c(C(=O)NN2CCNCC2)nc(-c2ccc(Cl)cc2)n1-c1ccc(Cl)cc1. The number of carbonyl (C=O) groups excluding carboxylic acids is 1. The van der Waals surface area contributed by atoms with Gasteiger partial charge in [0.2, 0.25) is 0 Å². The first kappa shape index (κ1) is 19.9. The van der Waals surface area contributed by atoms with Crippen LogP contribution in [0.2, 0.25) is 10.0 Å². The van der Waals surface area contributed by atoms with Crippen molar-refractivity contribution in [3.8, 4) is 17.1 Å². The molecule has 1 fully saturated rings. The van der Waals surface area contributed by atoms with Crippen molar-refractivity contribution in [3.05, 3.63) is 70.0 Å². The minimum Gasteiger partial charge on any atom is -0.314 e. The highest BCUT2D eigenvalue weighted by molar-refractivity contribution is 6.30. The maximum Gasteiger partial charge on any atom is 0.286 e. The van der Waals surface area contributed by atoms with Crippen LogP contribution >= 0.6 is 23.2 Å². The van der Waals surface area contributed by atoms with Crippen LogP contribution in [0.4, 0.5) is 0 Å². The lowest BCUT2D eigenvalue weighted by Crippen LogP contribution is -2.52. The minimum atomic E-state index is -0.215. The summed E-state index contributed by atoms with van der Waals surface area (Å²) in [5.41, 5.74) is 5.87. The Morgan fingerprint density at radius 1 is 1.00 bits per heavy atom. The molecule has 6 nitrogen and oxygen atoms in total. The minimum absolute atomic E-state index is 0.215. The van der Waals surface area contributed by atoms with Crippen LogP contribution in [-0.4, -0.2) is 46.6 Å². The first-order valence-corrected chi connectivity index (χ1v) is 10.2. The van der Waals surface area contributed by atoms with Crippen molar-refractivity contribution in [2.24, 2.45) is 0 Å². The van der Waals surface area contributed by atoms with Crippen LogP contribution in [0.25, 0.3) is 17.1 Å². The zero-order chi connectivity index (χ0) is 20.4. The first-order valence-electron chi connectivity index (χ1n) is 9.41. The molecule has 3 aromatic rings. The van der Waals surface area contributed by atoms with Crippen molar-refractivity contribution in [3.63, 3.8) is 0 Å². The summed E-state index contributed by atoms with van der Waals surface area (Å²) in [7, 11) is 0. The summed E-state index contributed by atoms with van der Waals surface area (Å²) >= 11 is 12.1. The maximum atomic E-state index is 13.0. The number of nitrogens with one attached hydrogen (secondary N) is 2. The van der Waals surface area contributed by atoms with Crippen LogP contribution in [0.15, 0.2) is 48.5 Å². The van der Waals surface area contributed by atoms with E-state index in [1.54, 1.807) is 0 Å². The molecule has 1 aromatic heterocycles. The molecule has 0 saturated carbocycles. The summed E-state index contributed by atoms with van der Waals surface area (Å²) in [5, 5.41) is 6.48. The smallest absolute Gasteiger partial charge is 0.286 e. The molecule has 2 N–H and O–H groups in total. The molecule has 0 radical (unpaired) electrons. The number of imidazole rings is 1. The molecule has 150 valence electrons. The van der Waals surface area contributed by atoms with Gasteiger partial charge in [0.15, 0.2) is 5.69 Å². The van der Waals surface area contributed by atoms with E-state index in [0.717, 1.165) is 43.1 Å². The molecule has 1 saturated heterocycles. The number of benzene rings is 2. The van der Waals surface area contributed by atoms with Crippen LogP contribution < -0.4 is 10.7 Å². The van der Waals surface area contributed by atoms with Gasteiger partial charge in [0.1, 0.15) is 5.82 Å². The van der Waals surface area contributed by atoms with Crippen LogP contribution in [-0.2, 0) is 0 Å². The van der Waals surface area contributed by atoms with Gasteiger partial charge in [0.05, 0.1) is 5.69 Å². The van der Waals surface area contributed by atoms with Gasteiger partial charge in [-0.2, -0.15) is 0 Å². The Labute approximate surface area is 179 Å². The third-order valence-corrected chi connectivity index (χ3v) is 5.39. The fraction of sp³-hybridized carbons (Fsp3) is 0.238. The van der Waals surface area contributed by atoms with Gasteiger partial charge in [-0.05, 0) is 55.5 Å². The average molecular weight is 430 g/mol. The number of carbonyl (C=O) groups is 1. The third kappa shape index (κ3) is 4.31. The van der Waals surface area contributed by atoms with Crippen molar-refractivity contribution in [2.45, 2.75) is 6.92 Å². The van der Waals surface area contributed by atoms with E-state index >= 15 is 0 Å². The molecule has 29 heavy (non-hydrogen) atoms. The van der Waals surface area contributed by atoms with E-state index in [4.69, 9.17) is 28.2 Å².